The van der Waals surface area contributed by atoms with Gasteiger partial charge in [0.25, 0.3) is 0 Å². The molecule has 1 unspecified atom stereocenters. The highest BCUT2D eigenvalue weighted by atomic mass is 16.5. The van der Waals surface area contributed by atoms with Crippen LogP contribution in [0.25, 0.3) is 0 Å². The molecule has 0 spiro atoms. The number of hydrogen-bond acceptors (Lipinski definition) is 4. The number of anilines is 2. The van der Waals surface area contributed by atoms with Gasteiger partial charge in [0, 0.05) is 24.5 Å². The molecule has 1 atom stereocenters. The summed E-state index contributed by atoms with van der Waals surface area (Å²) in [5.74, 6) is -0.352. The third kappa shape index (κ3) is 6.87. The number of carbonyl (C=O) groups excluding carboxylic acids is 2. The van der Waals surface area contributed by atoms with E-state index in [0.717, 1.165) is 6.42 Å². The smallest absolute Gasteiger partial charge is 0.250 e. The van der Waals surface area contributed by atoms with E-state index in [2.05, 4.69) is 22.9 Å². The van der Waals surface area contributed by atoms with Gasteiger partial charge in [-0.15, -0.1) is 0 Å². The van der Waals surface area contributed by atoms with E-state index in [4.69, 9.17) is 4.74 Å². The largest absolute Gasteiger partial charge is 0.375 e. The fraction of sp³-hybridized carbons (Fsp3) is 0.467. The quantitative estimate of drug-likeness (QED) is 0.680. The summed E-state index contributed by atoms with van der Waals surface area (Å²) in [6.45, 7) is 4.34. The van der Waals surface area contributed by atoms with Crippen LogP contribution in [0.5, 0.6) is 0 Å². The molecule has 0 heterocycles. The van der Waals surface area contributed by atoms with Gasteiger partial charge in [0.1, 0.15) is 6.61 Å². The Balaban J connectivity index is 2.52. The molecule has 0 saturated carbocycles. The minimum Gasteiger partial charge on any atom is -0.375 e. The average molecular weight is 293 g/mol. The summed E-state index contributed by atoms with van der Waals surface area (Å²) in [4.78, 5) is 23.2. The molecule has 6 nitrogen and oxygen atoms in total. The lowest BCUT2D eigenvalue weighted by atomic mass is 10.2. The van der Waals surface area contributed by atoms with Gasteiger partial charge >= 0.3 is 0 Å². The molecule has 0 aliphatic carbocycles. The molecule has 0 aromatic heterocycles. The van der Waals surface area contributed by atoms with E-state index < -0.39 is 0 Å². The van der Waals surface area contributed by atoms with Crippen molar-refractivity contribution < 1.29 is 14.3 Å². The molecule has 0 saturated heterocycles. The molecule has 0 fully saturated rings. The minimum absolute atomic E-state index is 0.00455. The Morgan fingerprint density at radius 2 is 1.81 bits per heavy atom. The Hall–Kier alpha value is -1.92. The van der Waals surface area contributed by atoms with Crippen molar-refractivity contribution in [3.8, 4) is 0 Å². The van der Waals surface area contributed by atoms with Gasteiger partial charge < -0.3 is 20.7 Å². The summed E-state index contributed by atoms with van der Waals surface area (Å²) >= 11 is 0. The van der Waals surface area contributed by atoms with E-state index in [1.54, 1.807) is 24.3 Å². The standard InChI is InChI=1S/C15H23N3O3/c1-4-11(2)16-9-14(19)17-12-6-5-7-13(8-12)18-15(20)10-21-3/h5-8,11,16H,4,9-10H2,1-3H3,(H,17,19)(H,18,20). The summed E-state index contributed by atoms with van der Waals surface area (Å²) in [6, 6.07) is 7.29. The first kappa shape index (κ1) is 17.1. The number of ether oxygens (including phenoxy) is 1. The fourth-order valence-electron chi connectivity index (χ4n) is 1.62. The molecule has 1 aromatic carbocycles. The molecule has 6 heteroatoms. The zero-order chi connectivity index (χ0) is 15.7. The molecule has 0 aliphatic heterocycles. The second-order valence-corrected chi connectivity index (χ2v) is 4.80. The maximum atomic E-state index is 11.8. The van der Waals surface area contributed by atoms with E-state index in [1.165, 1.54) is 7.11 Å². The summed E-state index contributed by atoms with van der Waals surface area (Å²) in [5, 5.41) is 8.59. The van der Waals surface area contributed by atoms with Crippen molar-refractivity contribution in [1.29, 1.82) is 0 Å². The maximum Gasteiger partial charge on any atom is 0.250 e. The van der Waals surface area contributed by atoms with Crippen LogP contribution in [-0.4, -0.2) is 38.1 Å². The van der Waals surface area contributed by atoms with E-state index in [0.29, 0.717) is 17.4 Å². The zero-order valence-electron chi connectivity index (χ0n) is 12.7. The van der Waals surface area contributed by atoms with E-state index >= 15 is 0 Å². The number of nitrogens with one attached hydrogen (secondary N) is 3. The summed E-state index contributed by atoms with van der Waals surface area (Å²) in [5.41, 5.74) is 1.26. The first-order valence-electron chi connectivity index (χ1n) is 6.97. The predicted octanol–water partition coefficient (Wildman–Crippen LogP) is 1.60. The Bertz CT molecular complexity index is 477. The normalized spacial score (nSPS) is 11.8. The highest BCUT2D eigenvalue weighted by Crippen LogP contribution is 2.14. The average Bonchev–Trinajstić information content (AvgIpc) is 2.45. The van der Waals surface area contributed by atoms with Crippen molar-refractivity contribution in [2.24, 2.45) is 0 Å². The van der Waals surface area contributed by atoms with Crippen LogP contribution in [0.2, 0.25) is 0 Å². The molecule has 0 aliphatic rings. The van der Waals surface area contributed by atoms with Crippen molar-refractivity contribution in [3.63, 3.8) is 0 Å². The molecule has 1 rings (SSSR count). The highest BCUT2D eigenvalue weighted by molar-refractivity contribution is 5.95. The lowest BCUT2D eigenvalue weighted by Crippen LogP contribution is -2.33. The number of benzene rings is 1. The Labute approximate surface area is 125 Å². The molecular weight excluding hydrogens is 270 g/mol. The third-order valence-electron chi connectivity index (χ3n) is 2.93. The number of amides is 2. The van der Waals surface area contributed by atoms with E-state index in [1.807, 2.05) is 6.92 Å². The topological polar surface area (TPSA) is 79.5 Å². The van der Waals surface area contributed by atoms with Gasteiger partial charge in [0.2, 0.25) is 11.8 Å². The van der Waals surface area contributed by atoms with Gasteiger partial charge in [-0.05, 0) is 31.5 Å². The van der Waals surface area contributed by atoms with Crippen molar-refractivity contribution in [2.75, 3.05) is 30.9 Å². The van der Waals surface area contributed by atoms with E-state index in [-0.39, 0.29) is 25.0 Å². The predicted molar refractivity (Wildman–Crippen MR) is 83.3 cm³/mol. The van der Waals surface area contributed by atoms with Gasteiger partial charge in [0.15, 0.2) is 0 Å². The van der Waals surface area contributed by atoms with Gasteiger partial charge in [-0.25, -0.2) is 0 Å². The third-order valence-corrected chi connectivity index (χ3v) is 2.93. The lowest BCUT2D eigenvalue weighted by molar-refractivity contribution is -0.119. The van der Waals surface area contributed by atoms with Gasteiger partial charge in [-0.1, -0.05) is 13.0 Å². The number of hydrogen-bond donors (Lipinski definition) is 3. The van der Waals surface area contributed by atoms with Crippen molar-refractivity contribution in [3.05, 3.63) is 24.3 Å². The van der Waals surface area contributed by atoms with Gasteiger partial charge in [-0.3, -0.25) is 9.59 Å². The van der Waals surface area contributed by atoms with Crippen molar-refractivity contribution >= 4 is 23.2 Å². The van der Waals surface area contributed by atoms with Crippen molar-refractivity contribution in [1.82, 2.24) is 5.32 Å². The first-order valence-corrected chi connectivity index (χ1v) is 6.97. The van der Waals surface area contributed by atoms with Crippen LogP contribution in [0.3, 0.4) is 0 Å². The second kappa shape index (κ2) is 9.10. The number of methoxy groups -OCH3 is 1. The maximum absolute atomic E-state index is 11.8. The monoisotopic (exact) mass is 293 g/mol. The van der Waals surface area contributed by atoms with Crippen molar-refractivity contribution in [2.45, 2.75) is 26.3 Å². The van der Waals surface area contributed by atoms with Crippen LogP contribution in [0.15, 0.2) is 24.3 Å². The fourth-order valence-corrected chi connectivity index (χ4v) is 1.62. The lowest BCUT2D eigenvalue weighted by Gasteiger charge is -2.12. The SMILES string of the molecule is CCC(C)NCC(=O)Nc1cccc(NC(=O)COC)c1. The van der Waals surface area contributed by atoms with Crippen LogP contribution in [0, 0.1) is 0 Å². The molecule has 116 valence electrons. The van der Waals surface area contributed by atoms with Crippen LogP contribution >= 0.6 is 0 Å². The summed E-state index contributed by atoms with van der Waals surface area (Å²) in [6.07, 6.45) is 0.967. The number of rotatable bonds is 8. The first-order chi connectivity index (χ1) is 10.0. The Kier molecular flexibility index (Phi) is 7.42. The molecule has 0 radical (unpaired) electrons. The summed E-state index contributed by atoms with van der Waals surface area (Å²) < 4.78 is 4.75. The van der Waals surface area contributed by atoms with Gasteiger partial charge in [-0.2, -0.15) is 0 Å². The van der Waals surface area contributed by atoms with Crippen LogP contribution in [0.4, 0.5) is 11.4 Å². The van der Waals surface area contributed by atoms with Crippen LogP contribution in [-0.2, 0) is 14.3 Å². The summed E-state index contributed by atoms with van der Waals surface area (Å²) in [7, 11) is 1.46. The van der Waals surface area contributed by atoms with Crippen LogP contribution < -0.4 is 16.0 Å². The number of carbonyl (C=O) groups is 2. The molecule has 1 aromatic rings. The minimum atomic E-state index is -0.237. The molecule has 21 heavy (non-hydrogen) atoms. The Morgan fingerprint density at radius 3 is 2.38 bits per heavy atom. The van der Waals surface area contributed by atoms with E-state index in [9.17, 15) is 9.59 Å². The second-order valence-electron chi connectivity index (χ2n) is 4.80. The van der Waals surface area contributed by atoms with Crippen LogP contribution in [0.1, 0.15) is 20.3 Å². The highest BCUT2D eigenvalue weighted by Gasteiger charge is 2.06. The zero-order valence-corrected chi connectivity index (χ0v) is 12.7. The molecular formula is C15H23N3O3. The van der Waals surface area contributed by atoms with Gasteiger partial charge in [0.05, 0.1) is 6.54 Å². The molecule has 3 N–H and O–H groups in total. The molecule has 0 bridgehead atoms. The molecule has 2 amide bonds. The Morgan fingerprint density at radius 1 is 1.19 bits per heavy atom.